The molecule has 6 rings (SSSR count). The van der Waals surface area contributed by atoms with E-state index in [-0.39, 0.29) is 17.0 Å². The lowest BCUT2D eigenvalue weighted by molar-refractivity contribution is -0.113. The number of benzene rings is 3. The molecule has 8 nitrogen and oxygen atoms in total. The van der Waals surface area contributed by atoms with Crippen LogP contribution in [0.25, 0.3) is 17.4 Å². The number of carboxylic acid groups (broad SMARTS) is 1. The van der Waals surface area contributed by atoms with Crippen LogP contribution in [0, 0.1) is 0 Å². The van der Waals surface area contributed by atoms with Gasteiger partial charge in [-0.3, -0.25) is 14.2 Å². The third-order valence-corrected chi connectivity index (χ3v) is 7.71. The second-order valence-electron chi connectivity index (χ2n) is 9.40. The van der Waals surface area contributed by atoms with Crippen LogP contribution in [-0.2, 0) is 4.79 Å². The normalized spacial score (nSPS) is 14.9. The number of nitrogens with one attached hydrogen (secondary N) is 1. The Morgan fingerprint density at radius 1 is 0.951 bits per heavy atom. The van der Waals surface area contributed by atoms with Gasteiger partial charge in [0.05, 0.1) is 27.4 Å². The molecule has 2 aromatic heterocycles. The van der Waals surface area contributed by atoms with Gasteiger partial charge in [-0.1, -0.05) is 72.0 Å². The number of aromatic nitrogens is 1. The Bertz CT molecular complexity index is 1990. The second kappa shape index (κ2) is 10.7. The maximum absolute atomic E-state index is 13.8. The lowest BCUT2D eigenvalue weighted by Gasteiger charge is -2.25. The van der Waals surface area contributed by atoms with Crippen molar-refractivity contribution >= 4 is 35.0 Å². The SMILES string of the molecule is CC1=C(C(=O)Nc2ccccc2)C(c2ccccc2)n2c(s/c(=C\c3ccc(-c4ccc(C(=O)O)cc4)o3)c2=O)=N1. The van der Waals surface area contributed by atoms with Gasteiger partial charge in [-0.05, 0) is 48.9 Å². The molecular weight excluding hydrogens is 538 g/mol. The molecule has 9 heteroatoms. The van der Waals surface area contributed by atoms with Gasteiger partial charge in [0.1, 0.15) is 11.5 Å². The van der Waals surface area contributed by atoms with Crippen molar-refractivity contribution in [2.45, 2.75) is 13.0 Å². The quantitative estimate of drug-likeness (QED) is 0.308. The zero-order valence-electron chi connectivity index (χ0n) is 21.8. The first-order valence-electron chi connectivity index (χ1n) is 12.8. The zero-order chi connectivity index (χ0) is 28.5. The maximum Gasteiger partial charge on any atom is 0.335 e. The van der Waals surface area contributed by atoms with Crippen molar-refractivity contribution in [3.63, 3.8) is 0 Å². The number of carbonyl (C=O) groups excluding carboxylic acids is 1. The highest BCUT2D eigenvalue weighted by Crippen LogP contribution is 2.30. The highest BCUT2D eigenvalue weighted by Gasteiger charge is 2.32. The van der Waals surface area contributed by atoms with Gasteiger partial charge >= 0.3 is 5.97 Å². The predicted molar refractivity (Wildman–Crippen MR) is 156 cm³/mol. The first-order valence-corrected chi connectivity index (χ1v) is 13.6. The lowest BCUT2D eigenvalue weighted by Crippen LogP contribution is -2.40. The summed E-state index contributed by atoms with van der Waals surface area (Å²) in [5.41, 5.74) is 2.97. The van der Waals surface area contributed by atoms with E-state index in [1.165, 1.54) is 23.5 Å². The Labute approximate surface area is 237 Å². The Balaban J connectivity index is 1.41. The van der Waals surface area contributed by atoms with E-state index in [1.54, 1.807) is 54.0 Å². The van der Waals surface area contributed by atoms with Crippen LogP contribution >= 0.6 is 11.3 Å². The number of aromatic carboxylic acids is 1. The molecule has 0 fully saturated rings. The highest BCUT2D eigenvalue weighted by atomic mass is 32.1. The maximum atomic E-state index is 13.8. The molecule has 5 aromatic rings. The topological polar surface area (TPSA) is 114 Å². The number of allylic oxidation sites excluding steroid dienone is 1. The van der Waals surface area contributed by atoms with E-state index >= 15 is 0 Å². The molecule has 1 atom stereocenters. The first-order chi connectivity index (χ1) is 19.9. The Hall–Kier alpha value is -5.28. The minimum atomic E-state index is -1.00. The fourth-order valence-electron chi connectivity index (χ4n) is 4.77. The highest BCUT2D eigenvalue weighted by molar-refractivity contribution is 7.07. The van der Waals surface area contributed by atoms with Crippen LogP contribution in [0.3, 0.4) is 0 Å². The Morgan fingerprint density at radius 3 is 2.32 bits per heavy atom. The number of hydrogen-bond donors (Lipinski definition) is 2. The molecule has 1 aliphatic heterocycles. The number of para-hydroxylation sites is 1. The van der Waals surface area contributed by atoms with Gasteiger partial charge in [0.15, 0.2) is 4.80 Å². The van der Waals surface area contributed by atoms with Crippen molar-refractivity contribution in [3.8, 4) is 11.3 Å². The summed E-state index contributed by atoms with van der Waals surface area (Å²) in [6.07, 6.45) is 1.66. The number of furan rings is 1. The monoisotopic (exact) mass is 561 g/mol. The number of fused-ring (bicyclic) bond motifs is 1. The largest absolute Gasteiger partial charge is 0.478 e. The summed E-state index contributed by atoms with van der Waals surface area (Å²) in [6.45, 7) is 1.78. The van der Waals surface area contributed by atoms with E-state index in [9.17, 15) is 14.4 Å². The van der Waals surface area contributed by atoms with Gasteiger partial charge in [0, 0.05) is 17.3 Å². The summed E-state index contributed by atoms with van der Waals surface area (Å²) in [6, 6.07) is 27.8. The van der Waals surface area contributed by atoms with Crippen molar-refractivity contribution in [1.82, 2.24) is 4.57 Å². The number of nitrogens with zero attached hydrogens (tertiary/aromatic N) is 2. The molecule has 0 aliphatic carbocycles. The third kappa shape index (κ3) is 5.06. The van der Waals surface area contributed by atoms with Gasteiger partial charge < -0.3 is 14.8 Å². The van der Waals surface area contributed by atoms with Gasteiger partial charge in [-0.2, -0.15) is 0 Å². The molecule has 3 heterocycles. The number of thiazole rings is 1. The van der Waals surface area contributed by atoms with E-state index in [0.717, 1.165) is 5.56 Å². The van der Waals surface area contributed by atoms with E-state index in [2.05, 4.69) is 10.3 Å². The average molecular weight is 562 g/mol. The number of carbonyl (C=O) groups is 2. The summed E-state index contributed by atoms with van der Waals surface area (Å²) in [5.74, 6) is -0.331. The number of rotatable bonds is 6. The van der Waals surface area contributed by atoms with Crippen LogP contribution in [0.1, 0.15) is 34.6 Å². The fraction of sp³-hybridized carbons (Fsp3) is 0.0625. The zero-order valence-corrected chi connectivity index (χ0v) is 22.6. The molecule has 202 valence electrons. The molecule has 41 heavy (non-hydrogen) atoms. The standard InChI is InChI=1S/C32H23N3O5S/c1-19-27(29(36)34-23-10-6-3-7-11-23)28(21-8-4-2-5-9-21)35-30(37)26(41-32(35)33-19)18-24-16-17-25(40-24)20-12-14-22(15-13-20)31(38)39/h2-18,28H,1H3,(H,34,36)(H,38,39)/b26-18-. The molecule has 2 N–H and O–H groups in total. The van der Waals surface area contributed by atoms with E-state index in [1.807, 2.05) is 48.5 Å². The molecule has 0 spiro atoms. The molecule has 1 aliphatic rings. The van der Waals surface area contributed by atoms with Crippen molar-refractivity contribution in [2.75, 3.05) is 5.32 Å². The van der Waals surface area contributed by atoms with Crippen LogP contribution in [0.4, 0.5) is 5.69 Å². The van der Waals surface area contributed by atoms with Crippen molar-refractivity contribution < 1.29 is 19.1 Å². The van der Waals surface area contributed by atoms with Gasteiger partial charge in [-0.25, -0.2) is 9.79 Å². The fourth-order valence-corrected chi connectivity index (χ4v) is 5.80. The summed E-state index contributed by atoms with van der Waals surface area (Å²) < 4.78 is 7.94. The Kier molecular flexibility index (Phi) is 6.78. The number of carboxylic acids is 1. The lowest BCUT2D eigenvalue weighted by atomic mass is 9.95. The number of hydrogen-bond acceptors (Lipinski definition) is 6. The molecule has 0 saturated carbocycles. The smallest absolute Gasteiger partial charge is 0.335 e. The molecule has 1 amide bonds. The minimum absolute atomic E-state index is 0.182. The summed E-state index contributed by atoms with van der Waals surface area (Å²) >= 11 is 1.22. The molecule has 0 radical (unpaired) electrons. The van der Waals surface area contributed by atoms with E-state index in [0.29, 0.717) is 43.4 Å². The Morgan fingerprint density at radius 2 is 1.63 bits per heavy atom. The van der Waals surface area contributed by atoms with Gasteiger partial charge in [-0.15, -0.1) is 0 Å². The van der Waals surface area contributed by atoms with Crippen molar-refractivity contribution in [2.24, 2.45) is 4.99 Å². The predicted octanol–water partition coefficient (Wildman–Crippen LogP) is 4.83. The third-order valence-electron chi connectivity index (χ3n) is 6.73. The number of amides is 1. The van der Waals surface area contributed by atoms with E-state index in [4.69, 9.17) is 9.52 Å². The summed E-state index contributed by atoms with van der Waals surface area (Å²) in [7, 11) is 0. The van der Waals surface area contributed by atoms with Crippen LogP contribution in [0.2, 0.25) is 0 Å². The van der Waals surface area contributed by atoms with Crippen LogP contribution in [0.15, 0.2) is 123 Å². The molecular formula is C32H23N3O5S. The summed E-state index contributed by atoms with van der Waals surface area (Å²) in [5, 5.41) is 12.1. The van der Waals surface area contributed by atoms with Gasteiger partial charge in [0.2, 0.25) is 0 Å². The van der Waals surface area contributed by atoms with Crippen LogP contribution < -0.4 is 20.2 Å². The van der Waals surface area contributed by atoms with Crippen molar-refractivity contribution in [1.29, 1.82) is 0 Å². The molecule has 3 aromatic carbocycles. The first kappa shape index (κ1) is 26.0. The van der Waals surface area contributed by atoms with Crippen LogP contribution in [-0.4, -0.2) is 21.6 Å². The van der Waals surface area contributed by atoms with Crippen LogP contribution in [0.5, 0.6) is 0 Å². The van der Waals surface area contributed by atoms with E-state index < -0.39 is 12.0 Å². The molecule has 0 saturated heterocycles. The number of anilines is 1. The summed E-state index contributed by atoms with van der Waals surface area (Å²) in [4.78, 5) is 43.7. The molecule has 1 unspecified atom stereocenters. The van der Waals surface area contributed by atoms with Gasteiger partial charge in [0.25, 0.3) is 11.5 Å². The average Bonchev–Trinajstić information content (AvgIpc) is 3.57. The molecule has 0 bridgehead atoms. The minimum Gasteiger partial charge on any atom is -0.478 e. The second-order valence-corrected chi connectivity index (χ2v) is 10.4. The van der Waals surface area contributed by atoms with Crippen molar-refractivity contribution in [3.05, 3.63) is 145 Å².